The number of imidazole rings is 1. The van der Waals surface area contributed by atoms with E-state index in [1.54, 1.807) is 0 Å². The Kier molecular flexibility index (Phi) is 3.72. The molecule has 0 aliphatic rings. The summed E-state index contributed by atoms with van der Waals surface area (Å²) >= 11 is 0. The molecule has 0 amide bonds. The Morgan fingerprint density at radius 2 is 2.06 bits per heavy atom. The van der Waals surface area contributed by atoms with Crippen molar-refractivity contribution in [1.29, 1.82) is 0 Å². The third-order valence-electron chi connectivity index (χ3n) is 2.53. The first kappa shape index (κ1) is 10.9. The molecule has 1 aromatic heterocycles. The fourth-order valence-electron chi connectivity index (χ4n) is 1.67. The highest BCUT2D eigenvalue weighted by Gasteiger charge is 1.98. The molecule has 1 heterocycles. The molecule has 1 aromatic carbocycles. The number of aromatic nitrogens is 2. The van der Waals surface area contributed by atoms with Crippen LogP contribution in [0.1, 0.15) is 11.3 Å². The molecule has 0 aliphatic heterocycles. The van der Waals surface area contributed by atoms with Gasteiger partial charge < -0.3 is 9.88 Å². The Labute approximate surface area is 96.1 Å². The average Bonchev–Trinajstić information content (AvgIpc) is 2.75. The predicted molar refractivity (Wildman–Crippen MR) is 65.4 cm³/mol. The van der Waals surface area contributed by atoms with Gasteiger partial charge in [0.05, 0.1) is 12.0 Å². The van der Waals surface area contributed by atoms with Gasteiger partial charge in [0.1, 0.15) is 0 Å². The highest BCUT2D eigenvalue weighted by atomic mass is 15.0. The maximum absolute atomic E-state index is 4.37. The Morgan fingerprint density at radius 1 is 1.25 bits per heavy atom. The molecule has 0 bridgehead atoms. The molecule has 2 rings (SSSR count). The maximum atomic E-state index is 4.37. The van der Waals surface area contributed by atoms with Gasteiger partial charge in [-0.2, -0.15) is 0 Å². The zero-order valence-corrected chi connectivity index (χ0v) is 9.56. The zero-order chi connectivity index (χ0) is 11.2. The van der Waals surface area contributed by atoms with E-state index in [-0.39, 0.29) is 0 Å². The largest absolute Gasteiger partial charge is 0.333 e. The van der Waals surface area contributed by atoms with Gasteiger partial charge in [0.2, 0.25) is 0 Å². The number of rotatable bonds is 5. The lowest BCUT2D eigenvalue weighted by Gasteiger charge is -2.01. The summed E-state index contributed by atoms with van der Waals surface area (Å²) < 4.78 is 2.13. The molecular formula is C13H17N3. The number of hydrogen-bond donors (Lipinski definition) is 1. The Balaban J connectivity index is 1.97. The van der Waals surface area contributed by atoms with Gasteiger partial charge in [0, 0.05) is 25.7 Å². The fraction of sp³-hybridized carbons (Fsp3) is 0.308. The van der Waals surface area contributed by atoms with E-state index < -0.39 is 0 Å². The lowest BCUT2D eigenvalue weighted by atomic mass is 10.2. The fourth-order valence-corrected chi connectivity index (χ4v) is 1.67. The first-order valence-corrected chi connectivity index (χ1v) is 5.57. The molecule has 0 unspecified atom stereocenters. The van der Waals surface area contributed by atoms with Crippen LogP contribution in [0.4, 0.5) is 0 Å². The molecule has 2 aromatic rings. The summed E-state index contributed by atoms with van der Waals surface area (Å²) in [5.41, 5.74) is 2.45. The number of nitrogens with zero attached hydrogens (tertiary/aromatic N) is 2. The molecule has 3 nitrogen and oxygen atoms in total. The van der Waals surface area contributed by atoms with Crippen LogP contribution in [-0.4, -0.2) is 23.1 Å². The third kappa shape index (κ3) is 2.94. The topological polar surface area (TPSA) is 29.9 Å². The van der Waals surface area contributed by atoms with Crippen LogP contribution in [0, 0.1) is 0 Å². The van der Waals surface area contributed by atoms with Gasteiger partial charge in [-0.05, 0) is 12.6 Å². The Hall–Kier alpha value is -1.61. The third-order valence-corrected chi connectivity index (χ3v) is 2.53. The van der Waals surface area contributed by atoms with Crippen molar-refractivity contribution in [2.24, 2.45) is 0 Å². The predicted octanol–water partition coefficient (Wildman–Crippen LogP) is 1.69. The normalized spacial score (nSPS) is 10.6. The molecule has 0 saturated heterocycles. The quantitative estimate of drug-likeness (QED) is 0.822. The second-order valence-electron chi connectivity index (χ2n) is 3.88. The van der Waals surface area contributed by atoms with Crippen molar-refractivity contribution in [2.45, 2.75) is 13.0 Å². The van der Waals surface area contributed by atoms with Gasteiger partial charge >= 0.3 is 0 Å². The summed E-state index contributed by atoms with van der Waals surface area (Å²) in [5, 5.41) is 3.13. The second-order valence-corrected chi connectivity index (χ2v) is 3.88. The van der Waals surface area contributed by atoms with E-state index >= 15 is 0 Å². The van der Waals surface area contributed by atoms with Gasteiger partial charge in [-0.3, -0.25) is 0 Å². The second kappa shape index (κ2) is 5.47. The van der Waals surface area contributed by atoms with Crippen LogP contribution in [0.15, 0.2) is 42.9 Å². The summed E-state index contributed by atoms with van der Waals surface area (Å²) in [6.07, 6.45) is 5.00. The Bertz CT molecular complexity index is 420. The highest BCUT2D eigenvalue weighted by molar-refractivity contribution is 5.15. The zero-order valence-electron chi connectivity index (χ0n) is 9.56. The van der Waals surface area contributed by atoms with Crippen molar-refractivity contribution < 1.29 is 0 Å². The number of benzene rings is 1. The van der Waals surface area contributed by atoms with E-state index in [1.807, 2.05) is 19.4 Å². The summed E-state index contributed by atoms with van der Waals surface area (Å²) in [7, 11) is 1.96. The van der Waals surface area contributed by atoms with Gasteiger partial charge in [0.15, 0.2) is 0 Å². The van der Waals surface area contributed by atoms with E-state index in [9.17, 15) is 0 Å². The van der Waals surface area contributed by atoms with Crippen LogP contribution < -0.4 is 5.32 Å². The van der Waals surface area contributed by atoms with Crippen LogP contribution in [0.3, 0.4) is 0 Å². The first-order valence-electron chi connectivity index (χ1n) is 5.57. The molecule has 0 saturated carbocycles. The molecule has 0 radical (unpaired) electrons. The van der Waals surface area contributed by atoms with E-state index in [2.05, 4.69) is 45.3 Å². The summed E-state index contributed by atoms with van der Waals surface area (Å²) in [6, 6.07) is 10.4. The minimum atomic E-state index is 0.896. The molecule has 0 spiro atoms. The van der Waals surface area contributed by atoms with Gasteiger partial charge in [0.25, 0.3) is 0 Å². The molecule has 3 heteroatoms. The van der Waals surface area contributed by atoms with E-state index in [4.69, 9.17) is 0 Å². The minimum absolute atomic E-state index is 0.896. The molecule has 0 atom stereocenters. The standard InChI is InChI=1S/C13H17N3/c1-14-8-7-13-10-16(11-15-13)9-12-5-3-2-4-6-12/h2-6,10-11,14H,7-9H2,1H3. The van der Waals surface area contributed by atoms with Gasteiger partial charge in [-0.1, -0.05) is 30.3 Å². The van der Waals surface area contributed by atoms with Crippen molar-refractivity contribution in [1.82, 2.24) is 14.9 Å². The molecule has 0 aliphatic carbocycles. The van der Waals surface area contributed by atoms with Crippen molar-refractivity contribution >= 4 is 0 Å². The maximum Gasteiger partial charge on any atom is 0.0952 e. The van der Waals surface area contributed by atoms with E-state index in [1.165, 1.54) is 5.56 Å². The lowest BCUT2D eigenvalue weighted by molar-refractivity contribution is 0.774. The van der Waals surface area contributed by atoms with E-state index in [0.717, 1.165) is 25.2 Å². The van der Waals surface area contributed by atoms with Crippen LogP contribution in [-0.2, 0) is 13.0 Å². The molecule has 0 fully saturated rings. The minimum Gasteiger partial charge on any atom is -0.333 e. The van der Waals surface area contributed by atoms with Gasteiger partial charge in [-0.25, -0.2) is 4.98 Å². The lowest BCUT2D eigenvalue weighted by Crippen LogP contribution is -2.10. The summed E-state index contributed by atoms with van der Waals surface area (Å²) in [5.74, 6) is 0. The monoisotopic (exact) mass is 215 g/mol. The molecule has 1 N–H and O–H groups in total. The Morgan fingerprint density at radius 3 is 2.81 bits per heavy atom. The molecule has 84 valence electrons. The van der Waals surface area contributed by atoms with Crippen LogP contribution in [0.5, 0.6) is 0 Å². The van der Waals surface area contributed by atoms with Crippen LogP contribution in [0.25, 0.3) is 0 Å². The van der Waals surface area contributed by atoms with E-state index in [0.29, 0.717) is 0 Å². The van der Waals surface area contributed by atoms with Crippen LogP contribution >= 0.6 is 0 Å². The van der Waals surface area contributed by atoms with Crippen molar-refractivity contribution in [3.05, 3.63) is 54.1 Å². The smallest absolute Gasteiger partial charge is 0.0952 e. The van der Waals surface area contributed by atoms with Crippen molar-refractivity contribution in [2.75, 3.05) is 13.6 Å². The van der Waals surface area contributed by atoms with Crippen LogP contribution in [0.2, 0.25) is 0 Å². The first-order chi connectivity index (χ1) is 7.88. The molecular weight excluding hydrogens is 198 g/mol. The summed E-state index contributed by atoms with van der Waals surface area (Å²) in [6.45, 7) is 1.87. The average molecular weight is 215 g/mol. The SMILES string of the molecule is CNCCc1cn(Cc2ccccc2)cn1. The number of nitrogens with one attached hydrogen (secondary N) is 1. The summed E-state index contributed by atoms with van der Waals surface area (Å²) in [4.78, 5) is 4.37. The van der Waals surface area contributed by atoms with Crippen molar-refractivity contribution in [3.8, 4) is 0 Å². The number of hydrogen-bond acceptors (Lipinski definition) is 2. The highest BCUT2D eigenvalue weighted by Crippen LogP contribution is 2.04. The van der Waals surface area contributed by atoms with Crippen molar-refractivity contribution in [3.63, 3.8) is 0 Å². The van der Waals surface area contributed by atoms with Gasteiger partial charge in [-0.15, -0.1) is 0 Å². The number of likely N-dealkylation sites (N-methyl/N-ethyl adjacent to an activating group) is 1. The molecule has 16 heavy (non-hydrogen) atoms.